The second kappa shape index (κ2) is 8.21. The molecule has 4 amide bonds. The number of hydrogen-bond acceptors (Lipinski definition) is 5. The van der Waals surface area contributed by atoms with E-state index in [4.69, 9.17) is 9.47 Å². The molecule has 1 saturated heterocycles. The standard InChI is InChI=1S/C19H15IN2O5/c1-26-15-9-12(7-13-17(23)21-19(25)22-18(13)24)8-14(20)16(15)27-10-11-5-3-2-4-6-11/h2-9H,10H2,1H3,(H2,21,22,23,24,25). The number of imide groups is 2. The first-order chi connectivity index (χ1) is 13.0. The summed E-state index contributed by atoms with van der Waals surface area (Å²) in [6, 6.07) is 12.3. The minimum absolute atomic E-state index is 0.162. The number of hydrogen-bond donors (Lipinski definition) is 2. The lowest BCUT2D eigenvalue weighted by Gasteiger charge is -2.16. The molecule has 1 aliphatic heterocycles. The molecular formula is C19H15IN2O5. The van der Waals surface area contributed by atoms with Crippen molar-refractivity contribution in [2.45, 2.75) is 6.61 Å². The van der Waals surface area contributed by atoms with E-state index < -0.39 is 17.8 Å². The molecule has 0 radical (unpaired) electrons. The molecule has 138 valence electrons. The van der Waals surface area contributed by atoms with E-state index in [0.717, 1.165) is 9.13 Å². The van der Waals surface area contributed by atoms with Gasteiger partial charge in [-0.25, -0.2) is 4.79 Å². The molecule has 0 unspecified atom stereocenters. The highest BCUT2D eigenvalue weighted by molar-refractivity contribution is 14.1. The minimum Gasteiger partial charge on any atom is -0.493 e. The molecule has 1 heterocycles. The summed E-state index contributed by atoms with van der Waals surface area (Å²) in [6.07, 6.45) is 1.39. The van der Waals surface area contributed by atoms with Crippen LogP contribution < -0.4 is 20.1 Å². The highest BCUT2D eigenvalue weighted by atomic mass is 127. The van der Waals surface area contributed by atoms with E-state index in [1.54, 1.807) is 12.1 Å². The van der Waals surface area contributed by atoms with Crippen LogP contribution >= 0.6 is 22.6 Å². The maximum Gasteiger partial charge on any atom is 0.328 e. The number of methoxy groups -OCH3 is 1. The Hall–Kier alpha value is -2.88. The quantitative estimate of drug-likeness (QED) is 0.392. The molecule has 0 aliphatic carbocycles. The van der Waals surface area contributed by atoms with Crippen LogP contribution in [-0.2, 0) is 16.2 Å². The van der Waals surface area contributed by atoms with Gasteiger partial charge in [0.2, 0.25) is 0 Å². The lowest BCUT2D eigenvalue weighted by Crippen LogP contribution is -2.51. The zero-order valence-corrected chi connectivity index (χ0v) is 16.4. The second-order valence-electron chi connectivity index (χ2n) is 5.60. The molecule has 0 bridgehead atoms. The fourth-order valence-electron chi connectivity index (χ4n) is 2.47. The molecule has 0 saturated carbocycles. The smallest absolute Gasteiger partial charge is 0.328 e. The zero-order chi connectivity index (χ0) is 19.4. The van der Waals surface area contributed by atoms with Crippen molar-refractivity contribution in [3.63, 3.8) is 0 Å². The third-order valence-corrected chi connectivity index (χ3v) is 4.53. The molecular weight excluding hydrogens is 463 g/mol. The van der Waals surface area contributed by atoms with E-state index >= 15 is 0 Å². The number of carbonyl (C=O) groups is 3. The third kappa shape index (κ3) is 4.45. The van der Waals surface area contributed by atoms with Gasteiger partial charge in [0.15, 0.2) is 11.5 Å². The summed E-state index contributed by atoms with van der Waals surface area (Å²) < 4.78 is 12.0. The topological polar surface area (TPSA) is 93.7 Å². The number of benzene rings is 2. The summed E-state index contributed by atoms with van der Waals surface area (Å²) >= 11 is 2.10. The molecule has 3 rings (SSSR count). The summed E-state index contributed by atoms with van der Waals surface area (Å²) in [4.78, 5) is 34.9. The Bertz CT molecular complexity index is 919. The van der Waals surface area contributed by atoms with E-state index in [-0.39, 0.29) is 5.57 Å². The Morgan fingerprint density at radius 3 is 2.33 bits per heavy atom. The van der Waals surface area contributed by atoms with Crippen LogP contribution in [0.1, 0.15) is 11.1 Å². The Morgan fingerprint density at radius 1 is 1.04 bits per heavy atom. The summed E-state index contributed by atoms with van der Waals surface area (Å²) in [5, 5.41) is 4.07. The largest absolute Gasteiger partial charge is 0.493 e. The van der Waals surface area contributed by atoms with Gasteiger partial charge >= 0.3 is 6.03 Å². The van der Waals surface area contributed by atoms with Crippen LogP contribution in [0.4, 0.5) is 4.79 Å². The van der Waals surface area contributed by atoms with Crippen LogP contribution in [0.3, 0.4) is 0 Å². The highest BCUT2D eigenvalue weighted by Crippen LogP contribution is 2.35. The number of nitrogens with one attached hydrogen (secondary N) is 2. The molecule has 0 atom stereocenters. The average molecular weight is 478 g/mol. The zero-order valence-electron chi connectivity index (χ0n) is 14.2. The van der Waals surface area contributed by atoms with Gasteiger partial charge in [-0.05, 0) is 51.9 Å². The minimum atomic E-state index is -0.834. The lowest BCUT2D eigenvalue weighted by atomic mass is 10.1. The van der Waals surface area contributed by atoms with Crippen molar-refractivity contribution in [1.29, 1.82) is 0 Å². The number of carbonyl (C=O) groups excluding carboxylic acids is 3. The first-order valence-electron chi connectivity index (χ1n) is 7.90. The van der Waals surface area contributed by atoms with Crippen LogP contribution in [0.15, 0.2) is 48.0 Å². The molecule has 2 aromatic carbocycles. The fraction of sp³-hybridized carbons (Fsp3) is 0.105. The Kier molecular flexibility index (Phi) is 5.75. The van der Waals surface area contributed by atoms with Crippen molar-refractivity contribution in [2.75, 3.05) is 7.11 Å². The molecule has 2 aromatic rings. The second-order valence-corrected chi connectivity index (χ2v) is 6.77. The first-order valence-corrected chi connectivity index (χ1v) is 8.98. The SMILES string of the molecule is COc1cc(C=C2C(=O)NC(=O)NC2=O)cc(I)c1OCc1ccccc1. The van der Waals surface area contributed by atoms with Crippen molar-refractivity contribution < 1.29 is 23.9 Å². The number of amides is 4. The van der Waals surface area contributed by atoms with Gasteiger partial charge in [0, 0.05) is 0 Å². The number of rotatable bonds is 5. The van der Waals surface area contributed by atoms with Crippen molar-refractivity contribution in [1.82, 2.24) is 10.6 Å². The van der Waals surface area contributed by atoms with Crippen LogP contribution in [0.5, 0.6) is 11.5 Å². The maximum atomic E-state index is 11.9. The summed E-state index contributed by atoms with van der Waals surface area (Å²) in [5.74, 6) is -0.460. The molecule has 1 aliphatic rings. The Balaban J connectivity index is 1.87. The lowest BCUT2D eigenvalue weighted by molar-refractivity contribution is -0.123. The van der Waals surface area contributed by atoms with Crippen molar-refractivity contribution >= 4 is 46.5 Å². The van der Waals surface area contributed by atoms with Gasteiger partial charge in [0.1, 0.15) is 12.2 Å². The molecule has 8 heteroatoms. The summed E-state index contributed by atoms with van der Waals surface area (Å²) in [6.45, 7) is 0.376. The predicted octanol–water partition coefficient (Wildman–Crippen LogP) is 2.63. The van der Waals surface area contributed by atoms with Crippen LogP contribution in [-0.4, -0.2) is 25.0 Å². The summed E-state index contributed by atoms with van der Waals surface area (Å²) in [7, 11) is 1.51. The monoisotopic (exact) mass is 478 g/mol. The van der Waals surface area contributed by atoms with Gasteiger partial charge < -0.3 is 9.47 Å². The first kappa shape index (κ1) is 18.9. The van der Waals surface area contributed by atoms with Gasteiger partial charge in [-0.15, -0.1) is 0 Å². The fourth-order valence-corrected chi connectivity index (χ4v) is 3.25. The van der Waals surface area contributed by atoms with Gasteiger partial charge in [-0.2, -0.15) is 0 Å². The summed E-state index contributed by atoms with van der Waals surface area (Å²) in [5.41, 5.74) is 1.42. The van der Waals surface area contributed by atoms with Crippen LogP contribution in [0.25, 0.3) is 6.08 Å². The normalized spacial score (nSPS) is 13.7. The van der Waals surface area contributed by atoms with Crippen molar-refractivity contribution in [3.05, 3.63) is 62.7 Å². The van der Waals surface area contributed by atoms with E-state index in [1.165, 1.54) is 13.2 Å². The van der Waals surface area contributed by atoms with Crippen LogP contribution in [0.2, 0.25) is 0 Å². The number of halogens is 1. The number of ether oxygens (including phenoxy) is 2. The number of barbiturate groups is 1. The molecule has 27 heavy (non-hydrogen) atoms. The third-order valence-electron chi connectivity index (χ3n) is 3.73. The van der Waals surface area contributed by atoms with E-state index in [2.05, 4.69) is 22.6 Å². The number of urea groups is 1. The van der Waals surface area contributed by atoms with E-state index in [9.17, 15) is 14.4 Å². The van der Waals surface area contributed by atoms with Crippen molar-refractivity contribution in [3.8, 4) is 11.5 Å². The molecule has 0 spiro atoms. The van der Waals surface area contributed by atoms with E-state index in [0.29, 0.717) is 23.7 Å². The molecule has 7 nitrogen and oxygen atoms in total. The van der Waals surface area contributed by atoms with Crippen LogP contribution in [0, 0.1) is 3.57 Å². The average Bonchev–Trinajstić information content (AvgIpc) is 2.64. The van der Waals surface area contributed by atoms with E-state index in [1.807, 2.05) is 41.0 Å². The van der Waals surface area contributed by atoms with Gasteiger partial charge in [-0.3, -0.25) is 20.2 Å². The van der Waals surface area contributed by atoms with Gasteiger partial charge in [-0.1, -0.05) is 30.3 Å². The predicted molar refractivity (Wildman–Crippen MR) is 106 cm³/mol. The highest BCUT2D eigenvalue weighted by Gasteiger charge is 2.27. The van der Waals surface area contributed by atoms with Crippen molar-refractivity contribution in [2.24, 2.45) is 0 Å². The van der Waals surface area contributed by atoms with Gasteiger partial charge in [0.25, 0.3) is 11.8 Å². The molecule has 0 aromatic heterocycles. The molecule has 1 fully saturated rings. The Labute approximate surface area is 168 Å². The van der Waals surface area contributed by atoms with Gasteiger partial charge in [0.05, 0.1) is 10.7 Å². The maximum absolute atomic E-state index is 11.9. The molecule has 2 N–H and O–H groups in total. The Morgan fingerprint density at radius 2 is 1.70 bits per heavy atom.